The van der Waals surface area contributed by atoms with Crippen LogP contribution in [0, 0.1) is 0 Å². The van der Waals surface area contributed by atoms with E-state index in [-0.39, 0.29) is 12.1 Å². The van der Waals surface area contributed by atoms with Crippen molar-refractivity contribution in [1.82, 2.24) is 19.7 Å². The lowest BCUT2D eigenvalue weighted by Crippen LogP contribution is -2.47. The molecule has 6 nitrogen and oxygen atoms in total. The van der Waals surface area contributed by atoms with Gasteiger partial charge in [-0.1, -0.05) is 11.3 Å². The van der Waals surface area contributed by atoms with E-state index in [1.165, 1.54) is 0 Å². The van der Waals surface area contributed by atoms with Crippen LogP contribution >= 0.6 is 0 Å². The Labute approximate surface area is 117 Å². The number of carbonyl (C=O) groups is 1. The Bertz CT molecular complexity index is 644. The summed E-state index contributed by atoms with van der Waals surface area (Å²) in [6.45, 7) is 6.36. The highest BCUT2D eigenvalue weighted by molar-refractivity contribution is 5.70. The number of carbonyl (C=O) groups excluding carboxylic acids is 1. The van der Waals surface area contributed by atoms with Gasteiger partial charge in [0.25, 0.3) is 0 Å². The summed E-state index contributed by atoms with van der Waals surface area (Å²) in [4.78, 5) is 13.9. The van der Waals surface area contributed by atoms with Gasteiger partial charge in [0.2, 0.25) is 0 Å². The van der Waals surface area contributed by atoms with Gasteiger partial charge in [-0.25, -0.2) is 9.31 Å². The first-order valence-corrected chi connectivity index (χ1v) is 6.74. The number of hydrogen-bond donors (Lipinski definition) is 0. The molecule has 0 radical (unpaired) electrons. The number of aromatic nitrogens is 3. The Morgan fingerprint density at radius 1 is 1.40 bits per heavy atom. The number of nitrogens with zero attached hydrogens (tertiary/aromatic N) is 4. The Kier molecular flexibility index (Phi) is 2.88. The van der Waals surface area contributed by atoms with Gasteiger partial charge >= 0.3 is 6.09 Å². The molecule has 2 aromatic heterocycles. The van der Waals surface area contributed by atoms with E-state index in [2.05, 4.69) is 10.3 Å². The van der Waals surface area contributed by atoms with Crippen LogP contribution in [0.25, 0.3) is 5.52 Å². The molecule has 2 aromatic rings. The largest absolute Gasteiger partial charge is 0.444 e. The number of hydrogen-bond acceptors (Lipinski definition) is 4. The van der Waals surface area contributed by atoms with Crippen molar-refractivity contribution in [2.45, 2.75) is 38.8 Å². The average molecular weight is 274 g/mol. The van der Waals surface area contributed by atoms with Crippen LogP contribution in [-0.2, 0) is 4.74 Å². The summed E-state index contributed by atoms with van der Waals surface area (Å²) in [6.07, 6.45) is 4.31. The van der Waals surface area contributed by atoms with Crippen LogP contribution in [0.2, 0.25) is 0 Å². The number of rotatable bonds is 1. The molecule has 1 saturated heterocycles. The van der Waals surface area contributed by atoms with Crippen LogP contribution in [0.4, 0.5) is 4.79 Å². The minimum absolute atomic E-state index is 0.0680. The maximum absolute atomic E-state index is 12.1. The van der Waals surface area contributed by atoms with Crippen molar-refractivity contribution in [3.05, 3.63) is 30.1 Å². The Balaban J connectivity index is 1.78. The first-order chi connectivity index (χ1) is 9.44. The zero-order valence-corrected chi connectivity index (χ0v) is 11.9. The zero-order valence-electron chi connectivity index (χ0n) is 11.9. The molecule has 0 bridgehead atoms. The quantitative estimate of drug-likeness (QED) is 0.801. The normalized spacial score (nSPS) is 18.9. The van der Waals surface area contributed by atoms with Gasteiger partial charge in [-0.3, -0.25) is 0 Å². The molecule has 3 rings (SSSR count). The number of ether oxygens (including phenoxy) is 1. The van der Waals surface area contributed by atoms with E-state index in [0.717, 1.165) is 24.0 Å². The third kappa shape index (κ3) is 2.33. The molecule has 6 heteroatoms. The minimum Gasteiger partial charge on any atom is -0.444 e. The summed E-state index contributed by atoms with van der Waals surface area (Å²) in [5.41, 5.74) is 1.53. The van der Waals surface area contributed by atoms with Crippen molar-refractivity contribution in [1.29, 1.82) is 0 Å². The van der Waals surface area contributed by atoms with Crippen LogP contribution < -0.4 is 0 Å². The SMILES string of the molecule is CC(C)(C)OC(=O)N1CCC1c1ccc2cnnn2c1. The van der Waals surface area contributed by atoms with Crippen molar-refractivity contribution in [3.8, 4) is 0 Å². The standard InChI is InChI=1S/C14H18N4O2/c1-14(2,3)20-13(19)17-7-6-12(17)10-4-5-11-8-15-16-18(11)9-10/h4-5,8-9,12H,6-7H2,1-3H3. The second-order valence-electron chi connectivity index (χ2n) is 6.04. The van der Waals surface area contributed by atoms with Gasteiger partial charge in [0.1, 0.15) is 5.60 Å². The summed E-state index contributed by atoms with van der Waals surface area (Å²) in [5.74, 6) is 0. The lowest BCUT2D eigenvalue weighted by molar-refractivity contribution is -0.00581. The van der Waals surface area contributed by atoms with E-state index in [9.17, 15) is 4.79 Å². The van der Waals surface area contributed by atoms with Crippen LogP contribution in [0.5, 0.6) is 0 Å². The summed E-state index contributed by atoms with van der Waals surface area (Å²) < 4.78 is 7.14. The predicted octanol–water partition coefficient (Wildman–Crippen LogP) is 2.41. The van der Waals surface area contributed by atoms with Crippen molar-refractivity contribution < 1.29 is 9.53 Å². The van der Waals surface area contributed by atoms with Crippen LogP contribution in [-0.4, -0.2) is 38.0 Å². The molecule has 1 atom stereocenters. The van der Waals surface area contributed by atoms with Gasteiger partial charge < -0.3 is 9.64 Å². The van der Waals surface area contributed by atoms with Crippen molar-refractivity contribution in [2.75, 3.05) is 6.54 Å². The lowest BCUT2D eigenvalue weighted by Gasteiger charge is -2.41. The fraction of sp³-hybridized carbons (Fsp3) is 0.500. The number of pyridine rings is 1. The maximum Gasteiger partial charge on any atom is 0.410 e. The van der Waals surface area contributed by atoms with Gasteiger partial charge in [-0.2, -0.15) is 0 Å². The fourth-order valence-electron chi connectivity index (χ4n) is 2.31. The topological polar surface area (TPSA) is 59.7 Å². The van der Waals surface area contributed by atoms with E-state index in [1.54, 1.807) is 15.6 Å². The third-order valence-corrected chi connectivity index (χ3v) is 3.35. The highest BCUT2D eigenvalue weighted by atomic mass is 16.6. The Hall–Kier alpha value is -2.11. The Morgan fingerprint density at radius 2 is 2.20 bits per heavy atom. The molecule has 1 amide bonds. The van der Waals surface area contributed by atoms with Gasteiger partial charge in [0, 0.05) is 12.7 Å². The molecule has 20 heavy (non-hydrogen) atoms. The molecule has 1 aliphatic heterocycles. The summed E-state index contributed by atoms with van der Waals surface area (Å²) >= 11 is 0. The molecule has 1 fully saturated rings. The van der Waals surface area contributed by atoms with Crippen molar-refractivity contribution in [2.24, 2.45) is 0 Å². The highest BCUT2D eigenvalue weighted by Gasteiger charge is 2.36. The molecule has 1 aliphatic rings. The Morgan fingerprint density at radius 3 is 2.85 bits per heavy atom. The molecule has 0 N–H and O–H groups in total. The maximum atomic E-state index is 12.1. The van der Waals surface area contributed by atoms with E-state index >= 15 is 0 Å². The predicted molar refractivity (Wildman–Crippen MR) is 73.3 cm³/mol. The van der Waals surface area contributed by atoms with E-state index in [0.29, 0.717) is 0 Å². The fourth-order valence-corrected chi connectivity index (χ4v) is 2.31. The summed E-state index contributed by atoms with van der Waals surface area (Å²) in [5, 5.41) is 7.84. The zero-order chi connectivity index (χ0) is 14.3. The van der Waals surface area contributed by atoms with Gasteiger partial charge in [0.15, 0.2) is 0 Å². The number of likely N-dealkylation sites (tertiary alicyclic amines) is 1. The molecular weight excluding hydrogens is 256 g/mol. The average Bonchev–Trinajstić information content (AvgIpc) is 2.71. The number of fused-ring (bicyclic) bond motifs is 1. The first kappa shape index (κ1) is 12.9. The van der Waals surface area contributed by atoms with E-state index in [4.69, 9.17) is 4.74 Å². The lowest BCUT2D eigenvalue weighted by atomic mass is 9.97. The van der Waals surface area contributed by atoms with Crippen LogP contribution in [0.1, 0.15) is 38.8 Å². The second-order valence-corrected chi connectivity index (χ2v) is 6.04. The second kappa shape index (κ2) is 4.47. The highest BCUT2D eigenvalue weighted by Crippen LogP contribution is 2.34. The van der Waals surface area contributed by atoms with Gasteiger partial charge in [0.05, 0.1) is 17.8 Å². The smallest absolute Gasteiger partial charge is 0.410 e. The third-order valence-electron chi connectivity index (χ3n) is 3.35. The monoisotopic (exact) mass is 274 g/mol. The van der Waals surface area contributed by atoms with Crippen molar-refractivity contribution in [3.63, 3.8) is 0 Å². The van der Waals surface area contributed by atoms with Crippen LogP contribution in [0.3, 0.4) is 0 Å². The minimum atomic E-state index is -0.465. The summed E-state index contributed by atoms with van der Waals surface area (Å²) in [6, 6.07) is 4.04. The molecular formula is C14H18N4O2. The molecule has 1 unspecified atom stereocenters. The number of amides is 1. The molecule has 0 aliphatic carbocycles. The summed E-state index contributed by atoms with van der Waals surface area (Å²) in [7, 11) is 0. The van der Waals surface area contributed by atoms with Gasteiger partial charge in [-0.15, -0.1) is 5.10 Å². The van der Waals surface area contributed by atoms with E-state index < -0.39 is 5.60 Å². The molecule has 0 spiro atoms. The molecule has 0 aromatic carbocycles. The van der Waals surface area contributed by atoms with Crippen LogP contribution in [0.15, 0.2) is 24.5 Å². The van der Waals surface area contributed by atoms with Gasteiger partial charge in [-0.05, 0) is 38.8 Å². The first-order valence-electron chi connectivity index (χ1n) is 6.74. The van der Waals surface area contributed by atoms with Crippen molar-refractivity contribution >= 4 is 11.6 Å². The molecule has 0 saturated carbocycles. The van der Waals surface area contributed by atoms with E-state index in [1.807, 2.05) is 39.1 Å². The molecule has 3 heterocycles. The molecule has 106 valence electrons.